The van der Waals surface area contributed by atoms with Gasteiger partial charge in [-0.05, 0) is 50.2 Å². The highest BCUT2D eigenvalue weighted by Gasteiger charge is 2.75. The van der Waals surface area contributed by atoms with E-state index in [-0.39, 0.29) is 24.0 Å². The fourth-order valence-corrected chi connectivity index (χ4v) is 7.17. The first-order chi connectivity index (χ1) is 13.0. The van der Waals surface area contributed by atoms with Crippen molar-refractivity contribution in [3.05, 3.63) is 23.8 Å². The molecule has 4 aliphatic carbocycles. The summed E-state index contributed by atoms with van der Waals surface area (Å²) in [5, 5.41) is 11.4. The molecule has 152 valence electrons. The van der Waals surface area contributed by atoms with Crippen molar-refractivity contribution in [1.29, 1.82) is 0 Å². The molecule has 0 saturated heterocycles. The Kier molecular flexibility index (Phi) is 4.17. The predicted molar refractivity (Wildman–Crippen MR) is 103 cm³/mol. The van der Waals surface area contributed by atoms with Crippen LogP contribution in [0.15, 0.2) is 23.8 Å². The lowest BCUT2D eigenvalue weighted by Gasteiger charge is -2.59. The lowest BCUT2D eigenvalue weighted by Crippen LogP contribution is -2.68. The van der Waals surface area contributed by atoms with E-state index in [1.54, 1.807) is 26.8 Å². The summed E-state index contributed by atoms with van der Waals surface area (Å²) in [5.74, 6) is -2.92. The van der Waals surface area contributed by atoms with Crippen molar-refractivity contribution in [2.75, 3.05) is 5.88 Å². The van der Waals surface area contributed by atoms with Crippen LogP contribution in [-0.2, 0) is 14.4 Å². The zero-order valence-corrected chi connectivity index (χ0v) is 17.2. The van der Waals surface area contributed by atoms with E-state index >= 15 is 4.39 Å². The van der Waals surface area contributed by atoms with E-state index in [9.17, 15) is 19.5 Å². The van der Waals surface area contributed by atoms with Crippen LogP contribution in [0.3, 0.4) is 0 Å². The highest BCUT2D eigenvalue weighted by atomic mass is 35.5. The predicted octanol–water partition coefficient (Wildman–Crippen LogP) is 3.35. The van der Waals surface area contributed by atoms with E-state index in [2.05, 4.69) is 0 Å². The Morgan fingerprint density at radius 3 is 2.64 bits per heavy atom. The zero-order chi connectivity index (χ0) is 20.7. The van der Waals surface area contributed by atoms with Crippen LogP contribution in [0.4, 0.5) is 4.39 Å². The third-order valence-electron chi connectivity index (χ3n) is 8.53. The van der Waals surface area contributed by atoms with Crippen LogP contribution in [-0.4, -0.2) is 39.6 Å². The number of carbonyl (C=O) groups excluding carboxylic acids is 3. The largest absolute Gasteiger partial charge is 0.381 e. The number of aliphatic hydroxyl groups is 1. The quantitative estimate of drug-likeness (QED) is 0.711. The summed E-state index contributed by atoms with van der Waals surface area (Å²) in [6, 6.07) is 0. The number of hydrogen-bond donors (Lipinski definition) is 1. The number of carbonyl (C=O) groups is 3. The first-order valence-electron chi connectivity index (χ1n) is 9.95. The summed E-state index contributed by atoms with van der Waals surface area (Å²) in [6.07, 6.45) is 5.56. The van der Waals surface area contributed by atoms with Gasteiger partial charge >= 0.3 is 0 Å². The van der Waals surface area contributed by atoms with Crippen LogP contribution < -0.4 is 0 Å². The van der Waals surface area contributed by atoms with Crippen molar-refractivity contribution < 1.29 is 23.9 Å². The van der Waals surface area contributed by atoms with Gasteiger partial charge in [0.15, 0.2) is 23.0 Å². The fraction of sp³-hybridized carbons (Fsp3) is 0.682. The molecule has 0 amide bonds. The van der Waals surface area contributed by atoms with Crippen LogP contribution >= 0.6 is 11.6 Å². The molecule has 0 radical (unpaired) electrons. The summed E-state index contributed by atoms with van der Waals surface area (Å²) in [4.78, 5) is 37.8. The van der Waals surface area contributed by atoms with E-state index in [4.69, 9.17) is 11.6 Å². The molecule has 6 heteroatoms. The average molecular weight is 409 g/mol. The van der Waals surface area contributed by atoms with Gasteiger partial charge in [0.1, 0.15) is 5.60 Å². The number of allylic oxidation sites excluding steroid dienone is 4. The second-order valence-corrected chi connectivity index (χ2v) is 9.82. The van der Waals surface area contributed by atoms with Gasteiger partial charge in [0.2, 0.25) is 0 Å². The summed E-state index contributed by atoms with van der Waals surface area (Å²) in [5.41, 5.74) is -5.42. The first kappa shape index (κ1) is 20.0. The van der Waals surface area contributed by atoms with Gasteiger partial charge in [-0.2, -0.15) is 0 Å². The Labute approximate surface area is 169 Å². The zero-order valence-electron chi connectivity index (χ0n) is 16.4. The molecule has 0 aliphatic heterocycles. The summed E-state index contributed by atoms with van der Waals surface area (Å²) < 4.78 is 16.8. The van der Waals surface area contributed by atoms with E-state index in [0.717, 1.165) is 0 Å². The normalized spacial score (nSPS) is 49.9. The Morgan fingerprint density at radius 2 is 2.00 bits per heavy atom. The maximum atomic E-state index is 16.8. The number of alkyl halides is 2. The Bertz CT molecular complexity index is 849. The summed E-state index contributed by atoms with van der Waals surface area (Å²) >= 11 is 5.79. The molecule has 28 heavy (non-hydrogen) atoms. The Balaban J connectivity index is 1.85. The second kappa shape index (κ2) is 5.85. The van der Waals surface area contributed by atoms with Gasteiger partial charge in [-0.3, -0.25) is 14.4 Å². The molecule has 3 saturated carbocycles. The molecule has 0 aromatic rings. The minimum atomic E-state index is -2.15. The van der Waals surface area contributed by atoms with E-state index in [1.807, 2.05) is 0 Å². The molecule has 0 aromatic heterocycles. The molecular weight excluding hydrogens is 383 g/mol. The summed E-state index contributed by atoms with van der Waals surface area (Å²) in [6.45, 7) is 5.23. The third-order valence-corrected chi connectivity index (χ3v) is 8.77. The molecule has 0 spiro atoms. The molecule has 3 unspecified atom stereocenters. The van der Waals surface area contributed by atoms with Crippen molar-refractivity contribution >= 4 is 29.0 Å². The molecule has 0 bridgehead atoms. The van der Waals surface area contributed by atoms with Gasteiger partial charge < -0.3 is 5.11 Å². The molecule has 0 aromatic carbocycles. The molecular formula is C22H26ClFO4. The lowest BCUT2D eigenvalue weighted by atomic mass is 9.45. The lowest BCUT2D eigenvalue weighted by molar-refractivity contribution is -0.185. The number of fused-ring (bicyclic) bond motifs is 5. The SMILES string of the molecule is CC1CC2C3CCC4=CC(=O)C=C[C@]4(C)[C@@]3(F)C(=O)C[C@]2(C)[C@@]1(O)C(=O)CCl. The van der Waals surface area contributed by atoms with Crippen molar-refractivity contribution in [1.82, 2.24) is 0 Å². The van der Waals surface area contributed by atoms with Crippen LogP contribution in [0, 0.1) is 28.6 Å². The van der Waals surface area contributed by atoms with Crippen molar-refractivity contribution in [3.63, 3.8) is 0 Å². The fourth-order valence-electron chi connectivity index (χ4n) is 6.97. The minimum Gasteiger partial charge on any atom is -0.381 e. The first-order valence-corrected chi connectivity index (χ1v) is 10.5. The standard InChI is InChI=1S/C22H26ClFO4/c1-12-8-16-15-5-4-13-9-14(25)6-7-19(13,2)21(15,24)17(26)10-20(16,3)22(12,28)18(27)11-23/h6-7,9,12,15-16,28H,4-5,8,10-11H2,1-3H3/t12?,15?,16?,19-,20-,21-,22-/m0/s1. The monoisotopic (exact) mass is 408 g/mol. The highest BCUT2D eigenvalue weighted by molar-refractivity contribution is 6.29. The number of halogens is 2. The molecule has 7 atom stereocenters. The van der Waals surface area contributed by atoms with Gasteiger partial charge in [0.25, 0.3) is 0 Å². The maximum absolute atomic E-state index is 16.8. The number of ketones is 3. The van der Waals surface area contributed by atoms with Crippen molar-refractivity contribution in [3.8, 4) is 0 Å². The van der Waals surface area contributed by atoms with Gasteiger partial charge in [0.05, 0.1) is 5.88 Å². The number of Topliss-reactive ketones (excluding diaryl/α,β-unsaturated/α-hetero) is 2. The summed E-state index contributed by atoms with van der Waals surface area (Å²) in [7, 11) is 0. The van der Waals surface area contributed by atoms with E-state index < -0.39 is 45.5 Å². The molecule has 4 nitrogen and oxygen atoms in total. The number of rotatable bonds is 2. The smallest absolute Gasteiger partial charge is 0.184 e. The van der Waals surface area contributed by atoms with Gasteiger partial charge in [-0.15, -0.1) is 11.6 Å². The van der Waals surface area contributed by atoms with Crippen molar-refractivity contribution in [2.24, 2.45) is 28.6 Å². The highest BCUT2D eigenvalue weighted by Crippen LogP contribution is 2.69. The molecule has 1 N–H and O–H groups in total. The number of hydrogen-bond acceptors (Lipinski definition) is 4. The van der Waals surface area contributed by atoms with Crippen LogP contribution in [0.25, 0.3) is 0 Å². The van der Waals surface area contributed by atoms with Gasteiger partial charge in [-0.25, -0.2) is 4.39 Å². The van der Waals surface area contributed by atoms with Crippen LogP contribution in [0.5, 0.6) is 0 Å². The second-order valence-electron chi connectivity index (χ2n) is 9.55. The Morgan fingerprint density at radius 1 is 1.32 bits per heavy atom. The molecule has 3 fully saturated rings. The minimum absolute atomic E-state index is 0.181. The van der Waals surface area contributed by atoms with Gasteiger partial charge in [-0.1, -0.05) is 25.5 Å². The molecule has 4 aliphatic rings. The average Bonchev–Trinajstić information content (AvgIpc) is 2.84. The van der Waals surface area contributed by atoms with Crippen LogP contribution in [0.2, 0.25) is 0 Å². The van der Waals surface area contributed by atoms with Crippen molar-refractivity contribution in [2.45, 2.75) is 57.7 Å². The van der Waals surface area contributed by atoms with Gasteiger partial charge in [0, 0.05) is 23.2 Å². The Hall–Kier alpha value is -1.33. The maximum Gasteiger partial charge on any atom is 0.184 e. The third kappa shape index (κ3) is 2.02. The molecule has 0 heterocycles. The van der Waals surface area contributed by atoms with E-state index in [1.165, 1.54) is 12.2 Å². The topological polar surface area (TPSA) is 71.4 Å². The molecule has 4 rings (SSSR count). The van der Waals surface area contributed by atoms with E-state index in [0.29, 0.717) is 24.8 Å². The van der Waals surface area contributed by atoms with Crippen LogP contribution in [0.1, 0.15) is 46.5 Å².